The highest BCUT2D eigenvalue weighted by Crippen LogP contribution is 2.22. The second-order valence-corrected chi connectivity index (χ2v) is 6.86. The zero-order valence-corrected chi connectivity index (χ0v) is 16.3. The molecule has 2 aromatic carbocycles. The van der Waals surface area contributed by atoms with E-state index in [0.717, 1.165) is 21.3 Å². The molecule has 0 aliphatic rings. The molecule has 0 atom stereocenters. The standard InChI is InChI=1S/C20H20BrN3O2/c1-14-5-3-4-6-15(14)13-24-10-9-22-19(24)20(25)23-12-16-11-17(21)7-8-18(16)26-2/h3-11H,12-13H2,1-2H3,(H,23,25). The van der Waals surface area contributed by atoms with Crippen molar-refractivity contribution in [2.24, 2.45) is 0 Å². The first kappa shape index (κ1) is 18.2. The number of imidazole rings is 1. The highest BCUT2D eigenvalue weighted by atomic mass is 79.9. The Morgan fingerprint density at radius 2 is 2.04 bits per heavy atom. The first-order chi connectivity index (χ1) is 12.6. The average molecular weight is 414 g/mol. The number of hydrogen-bond donors (Lipinski definition) is 1. The van der Waals surface area contributed by atoms with Crippen molar-refractivity contribution in [3.05, 3.63) is 81.8 Å². The lowest BCUT2D eigenvalue weighted by Gasteiger charge is -2.12. The fourth-order valence-corrected chi connectivity index (χ4v) is 3.17. The largest absolute Gasteiger partial charge is 0.496 e. The Balaban J connectivity index is 1.73. The van der Waals surface area contributed by atoms with E-state index in [4.69, 9.17) is 4.74 Å². The van der Waals surface area contributed by atoms with Crippen LogP contribution in [-0.2, 0) is 13.1 Å². The molecule has 0 aliphatic carbocycles. The molecule has 0 radical (unpaired) electrons. The molecule has 0 saturated heterocycles. The number of aromatic nitrogens is 2. The molecule has 1 amide bonds. The van der Waals surface area contributed by atoms with Crippen molar-refractivity contribution in [2.75, 3.05) is 7.11 Å². The molecule has 0 bridgehead atoms. The molecule has 1 heterocycles. The first-order valence-corrected chi connectivity index (χ1v) is 9.04. The molecule has 134 valence electrons. The van der Waals surface area contributed by atoms with Crippen LogP contribution in [0.4, 0.5) is 0 Å². The van der Waals surface area contributed by atoms with E-state index in [1.165, 1.54) is 5.56 Å². The fourth-order valence-electron chi connectivity index (χ4n) is 2.76. The summed E-state index contributed by atoms with van der Waals surface area (Å²) in [5.41, 5.74) is 3.24. The number of benzene rings is 2. The second kappa shape index (κ2) is 8.19. The van der Waals surface area contributed by atoms with Gasteiger partial charge in [-0.2, -0.15) is 0 Å². The number of halogens is 1. The zero-order valence-electron chi connectivity index (χ0n) is 14.7. The van der Waals surface area contributed by atoms with Crippen molar-refractivity contribution in [1.29, 1.82) is 0 Å². The van der Waals surface area contributed by atoms with Crippen LogP contribution in [0.1, 0.15) is 27.3 Å². The van der Waals surface area contributed by atoms with Crippen molar-refractivity contribution >= 4 is 21.8 Å². The predicted octanol–water partition coefficient (Wildman–Crippen LogP) is 3.94. The second-order valence-electron chi connectivity index (χ2n) is 5.94. The van der Waals surface area contributed by atoms with Gasteiger partial charge in [-0.05, 0) is 36.2 Å². The van der Waals surface area contributed by atoms with Crippen LogP contribution in [-0.4, -0.2) is 22.6 Å². The maximum atomic E-state index is 12.6. The van der Waals surface area contributed by atoms with Crippen LogP contribution < -0.4 is 10.1 Å². The van der Waals surface area contributed by atoms with Crippen LogP contribution in [0.25, 0.3) is 0 Å². The Morgan fingerprint density at radius 3 is 2.81 bits per heavy atom. The van der Waals surface area contributed by atoms with Crippen molar-refractivity contribution < 1.29 is 9.53 Å². The highest BCUT2D eigenvalue weighted by molar-refractivity contribution is 9.10. The van der Waals surface area contributed by atoms with Crippen LogP contribution in [0, 0.1) is 6.92 Å². The monoisotopic (exact) mass is 413 g/mol. The smallest absolute Gasteiger partial charge is 0.287 e. The van der Waals surface area contributed by atoms with Crippen LogP contribution >= 0.6 is 15.9 Å². The number of carbonyl (C=O) groups is 1. The van der Waals surface area contributed by atoms with Crippen molar-refractivity contribution in [3.8, 4) is 5.75 Å². The normalized spacial score (nSPS) is 10.6. The van der Waals surface area contributed by atoms with E-state index in [9.17, 15) is 4.79 Å². The number of carbonyl (C=O) groups excluding carboxylic acids is 1. The van der Waals surface area contributed by atoms with E-state index in [-0.39, 0.29) is 5.91 Å². The Morgan fingerprint density at radius 1 is 1.23 bits per heavy atom. The molecule has 26 heavy (non-hydrogen) atoms. The van der Waals surface area contributed by atoms with E-state index >= 15 is 0 Å². The molecular weight excluding hydrogens is 394 g/mol. The average Bonchev–Trinajstić information content (AvgIpc) is 3.10. The number of methoxy groups -OCH3 is 1. The Bertz CT molecular complexity index is 921. The van der Waals surface area contributed by atoms with Gasteiger partial charge in [-0.25, -0.2) is 4.98 Å². The minimum atomic E-state index is -0.217. The fraction of sp³-hybridized carbons (Fsp3) is 0.200. The number of rotatable bonds is 6. The van der Waals surface area contributed by atoms with Gasteiger partial charge < -0.3 is 14.6 Å². The third kappa shape index (κ3) is 4.14. The van der Waals surface area contributed by atoms with E-state index < -0.39 is 0 Å². The summed E-state index contributed by atoms with van der Waals surface area (Å²) in [7, 11) is 1.61. The summed E-state index contributed by atoms with van der Waals surface area (Å²) < 4.78 is 8.14. The minimum absolute atomic E-state index is 0.217. The van der Waals surface area contributed by atoms with E-state index in [0.29, 0.717) is 18.9 Å². The van der Waals surface area contributed by atoms with E-state index in [1.807, 2.05) is 41.1 Å². The van der Waals surface area contributed by atoms with Gasteiger partial charge >= 0.3 is 0 Å². The van der Waals surface area contributed by atoms with Crippen molar-refractivity contribution in [3.63, 3.8) is 0 Å². The third-order valence-electron chi connectivity index (χ3n) is 4.20. The first-order valence-electron chi connectivity index (χ1n) is 8.24. The lowest BCUT2D eigenvalue weighted by molar-refractivity contribution is 0.0936. The molecule has 0 fully saturated rings. The Labute approximate surface area is 161 Å². The van der Waals surface area contributed by atoms with Gasteiger partial charge in [0.25, 0.3) is 5.91 Å². The van der Waals surface area contributed by atoms with Crippen LogP contribution in [0.2, 0.25) is 0 Å². The molecule has 5 nitrogen and oxygen atoms in total. The molecular formula is C20H20BrN3O2. The van der Waals surface area contributed by atoms with Gasteiger partial charge in [-0.15, -0.1) is 0 Å². The predicted molar refractivity (Wildman–Crippen MR) is 104 cm³/mol. The van der Waals surface area contributed by atoms with Crippen LogP contribution in [0.5, 0.6) is 5.75 Å². The topological polar surface area (TPSA) is 56.1 Å². The number of nitrogens with one attached hydrogen (secondary N) is 1. The number of ether oxygens (including phenoxy) is 1. The summed E-state index contributed by atoms with van der Waals surface area (Å²) >= 11 is 3.44. The number of amides is 1. The maximum absolute atomic E-state index is 12.6. The highest BCUT2D eigenvalue weighted by Gasteiger charge is 2.14. The summed E-state index contributed by atoms with van der Waals surface area (Å²) in [4.78, 5) is 16.8. The zero-order chi connectivity index (χ0) is 18.5. The molecule has 0 spiro atoms. The number of nitrogens with zero attached hydrogens (tertiary/aromatic N) is 2. The van der Waals surface area contributed by atoms with Gasteiger partial charge in [-0.3, -0.25) is 4.79 Å². The van der Waals surface area contributed by atoms with Crippen LogP contribution in [0.3, 0.4) is 0 Å². The molecule has 3 aromatic rings. The maximum Gasteiger partial charge on any atom is 0.287 e. The quantitative estimate of drug-likeness (QED) is 0.665. The SMILES string of the molecule is COc1ccc(Br)cc1CNC(=O)c1nccn1Cc1ccccc1C. The van der Waals surface area contributed by atoms with E-state index in [2.05, 4.69) is 45.3 Å². The number of aryl methyl sites for hydroxylation is 1. The van der Waals surface area contributed by atoms with Gasteiger partial charge in [0.2, 0.25) is 0 Å². The molecule has 1 N–H and O–H groups in total. The molecule has 0 saturated carbocycles. The summed E-state index contributed by atoms with van der Waals surface area (Å²) in [5, 5.41) is 2.92. The molecule has 6 heteroatoms. The van der Waals surface area contributed by atoms with Crippen LogP contribution in [0.15, 0.2) is 59.3 Å². The summed E-state index contributed by atoms with van der Waals surface area (Å²) in [6, 6.07) is 13.8. The summed E-state index contributed by atoms with van der Waals surface area (Å²) in [6.07, 6.45) is 3.47. The number of hydrogen-bond acceptors (Lipinski definition) is 3. The Hall–Kier alpha value is -2.60. The van der Waals surface area contributed by atoms with E-state index in [1.54, 1.807) is 13.3 Å². The molecule has 0 aliphatic heterocycles. The molecule has 0 unspecified atom stereocenters. The molecule has 1 aromatic heterocycles. The van der Waals surface area contributed by atoms with Gasteiger partial charge in [0, 0.05) is 35.5 Å². The van der Waals surface area contributed by atoms with Gasteiger partial charge in [0.05, 0.1) is 7.11 Å². The van der Waals surface area contributed by atoms with Gasteiger partial charge in [0.1, 0.15) is 5.75 Å². The van der Waals surface area contributed by atoms with Crippen molar-refractivity contribution in [1.82, 2.24) is 14.9 Å². The molecule has 3 rings (SSSR count). The lowest BCUT2D eigenvalue weighted by Crippen LogP contribution is -2.26. The summed E-state index contributed by atoms with van der Waals surface area (Å²) in [6.45, 7) is 3.03. The lowest BCUT2D eigenvalue weighted by atomic mass is 10.1. The van der Waals surface area contributed by atoms with Gasteiger partial charge in [-0.1, -0.05) is 40.2 Å². The van der Waals surface area contributed by atoms with Crippen molar-refractivity contribution in [2.45, 2.75) is 20.0 Å². The van der Waals surface area contributed by atoms with Gasteiger partial charge in [0.15, 0.2) is 5.82 Å². The summed E-state index contributed by atoms with van der Waals surface area (Å²) in [5.74, 6) is 0.907. The Kier molecular flexibility index (Phi) is 5.73. The third-order valence-corrected chi connectivity index (χ3v) is 4.70. The minimum Gasteiger partial charge on any atom is -0.496 e.